The lowest BCUT2D eigenvalue weighted by atomic mass is 10.1. The molecule has 2 aromatic carbocycles. The summed E-state index contributed by atoms with van der Waals surface area (Å²) in [6.07, 6.45) is 0.700. The Morgan fingerprint density at radius 2 is 2.03 bits per heavy atom. The molecule has 10 heteroatoms. The number of aromatic nitrogens is 4. The largest absolute Gasteiger partial charge is 0.494 e. The normalized spacial score (nSPS) is 12.5. The van der Waals surface area contributed by atoms with E-state index in [-0.39, 0.29) is 11.7 Å². The van der Waals surface area contributed by atoms with Gasteiger partial charge in [0, 0.05) is 6.54 Å². The Morgan fingerprint density at radius 3 is 2.87 bits per heavy atom. The average Bonchev–Trinajstić information content (AvgIpc) is 3.26. The zero-order chi connectivity index (χ0) is 21.6. The van der Waals surface area contributed by atoms with E-state index in [0.717, 1.165) is 28.3 Å². The van der Waals surface area contributed by atoms with Gasteiger partial charge in [0.25, 0.3) is 0 Å². The molecular weight excluding hydrogens is 418 g/mol. The molecule has 9 nitrogen and oxygen atoms in total. The van der Waals surface area contributed by atoms with Crippen molar-refractivity contribution in [3.8, 4) is 22.9 Å². The SMILES string of the molecule is COc1ccc(C)cc1-n1nnnc1SCC(=O)NCCc1ccc2c(c1)OCCO2. The smallest absolute Gasteiger partial charge is 0.230 e. The summed E-state index contributed by atoms with van der Waals surface area (Å²) in [5.41, 5.74) is 2.86. The van der Waals surface area contributed by atoms with Crippen molar-refractivity contribution in [2.45, 2.75) is 18.5 Å². The molecule has 3 aromatic rings. The van der Waals surface area contributed by atoms with E-state index in [2.05, 4.69) is 20.8 Å². The molecule has 1 aliphatic rings. The second-order valence-electron chi connectivity index (χ2n) is 6.92. The first-order valence-corrected chi connectivity index (χ1v) is 10.8. The number of hydrogen-bond acceptors (Lipinski definition) is 8. The summed E-state index contributed by atoms with van der Waals surface area (Å²) in [7, 11) is 1.60. The number of nitrogens with zero attached hydrogens (tertiary/aromatic N) is 4. The second kappa shape index (κ2) is 9.69. The van der Waals surface area contributed by atoms with E-state index in [1.54, 1.807) is 11.8 Å². The summed E-state index contributed by atoms with van der Waals surface area (Å²) in [6.45, 7) is 3.63. The highest BCUT2D eigenvalue weighted by molar-refractivity contribution is 7.99. The van der Waals surface area contributed by atoms with Crippen molar-refractivity contribution < 1.29 is 19.0 Å². The molecule has 0 aliphatic carbocycles. The van der Waals surface area contributed by atoms with Gasteiger partial charge in [-0.05, 0) is 59.2 Å². The number of rotatable bonds is 8. The van der Waals surface area contributed by atoms with E-state index in [0.29, 0.717) is 37.1 Å². The lowest BCUT2D eigenvalue weighted by Gasteiger charge is -2.18. The molecule has 0 fully saturated rings. The van der Waals surface area contributed by atoms with E-state index in [4.69, 9.17) is 14.2 Å². The van der Waals surface area contributed by atoms with Gasteiger partial charge in [0.15, 0.2) is 11.5 Å². The molecule has 0 spiro atoms. The number of methoxy groups -OCH3 is 1. The highest BCUT2D eigenvalue weighted by Crippen LogP contribution is 2.31. The summed E-state index contributed by atoms with van der Waals surface area (Å²) in [5, 5.41) is 15.3. The van der Waals surface area contributed by atoms with E-state index >= 15 is 0 Å². The van der Waals surface area contributed by atoms with E-state index < -0.39 is 0 Å². The van der Waals surface area contributed by atoms with Crippen LogP contribution in [0.5, 0.6) is 17.2 Å². The van der Waals surface area contributed by atoms with Crippen molar-refractivity contribution >= 4 is 17.7 Å². The Balaban J connectivity index is 1.30. The third kappa shape index (κ3) is 5.08. The number of aryl methyl sites for hydroxylation is 1. The van der Waals surface area contributed by atoms with E-state index in [1.165, 1.54) is 11.8 Å². The zero-order valence-electron chi connectivity index (χ0n) is 17.3. The molecule has 162 valence electrons. The number of thioether (sulfide) groups is 1. The van der Waals surface area contributed by atoms with Crippen molar-refractivity contribution in [2.24, 2.45) is 0 Å². The number of amides is 1. The van der Waals surface area contributed by atoms with Crippen LogP contribution in [-0.4, -0.2) is 58.7 Å². The minimum atomic E-state index is -0.0895. The molecule has 0 saturated carbocycles. The van der Waals surface area contributed by atoms with Crippen LogP contribution in [0.1, 0.15) is 11.1 Å². The predicted molar refractivity (Wildman–Crippen MR) is 115 cm³/mol. The van der Waals surface area contributed by atoms with Gasteiger partial charge in [0.05, 0.1) is 12.9 Å². The molecule has 1 N–H and O–H groups in total. The van der Waals surface area contributed by atoms with Crippen LogP contribution in [0.3, 0.4) is 0 Å². The molecule has 0 bridgehead atoms. The Labute approximate surface area is 184 Å². The molecule has 0 atom stereocenters. The van der Waals surface area contributed by atoms with Gasteiger partial charge in [0.2, 0.25) is 11.1 Å². The van der Waals surface area contributed by atoms with Crippen molar-refractivity contribution in [1.82, 2.24) is 25.5 Å². The Kier molecular flexibility index (Phi) is 6.56. The van der Waals surface area contributed by atoms with Crippen molar-refractivity contribution in [3.63, 3.8) is 0 Å². The predicted octanol–water partition coefficient (Wildman–Crippen LogP) is 2.20. The van der Waals surface area contributed by atoms with Crippen LogP contribution in [0.2, 0.25) is 0 Å². The third-order valence-corrected chi connectivity index (χ3v) is 5.60. The maximum atomic E-state index is 12.3. The zero-order valence-corrected chi connectivity index (χ0v) is 18.1. The van der Waals surface area contributed by atoms with Crippen LogP contribution in [0.4, 0.5) is 0 Å². The molecule has 1 aromatic heterocycles. The lowest BCUT2D eigenvalue weighted by molar-refractivity contribution is -0.118. The van der Waals surface area contributed by atoms with Crippen LogP contribution in [-0.2, 0) is 11.2 Å². The number of tetrazole rings is 1. The van der Waals surface area contributed by atoms with E-state index in [9.17, 15) is 4.79 Å². The number of hydrogen-bond donors (Lipinski definition) is 1. The fourth-order valence-electron chi connectivity index (χ4n) is 3.16. The van der Waals surface area contributed by atoms with Crippen molar-refractivity contribution in [3.05, 3.63) is 47.5 Å². The van der Waals surface area contributed by atoms with Gasteiger partial charge in [-0.15, -0.1) is 5.10 Å². The topological polar surface area (TPSA) is 100 Å². The first-order chi connectivity index (χ1) is 15.1. The first kappa shape index (κ1) is 21.0. The van der Waals surface area contributed by atoms with Gasteiger partial charge in [-0.3, -0.25) is 4.79 Å². The summed E-state index contributed by atoms with van der Waals surface area (Å²) >= 11 is 1.27. The molecule has 2 heterocycles. The number of carbonyl (C=O) groups excluding carboxylic acids is 1. The number of benzene rings is 2. The number of fused-ring (bicyclic) bond motifs is 1. The number of ether oxygens (including phenoxy) is 3. The first-order valence-electron chi connectivity index (χ1n) is 9.85. The summed E-state index contributed by atoms with van der Waals surface area (Å²) in [4.78, 5) is 12.3. The molecule has 1 aliphatic heterocycles. The standard InChI is InChI=1S/C21H23N5O4S/c1-14-3-5-17(28-2)16(11-14)26-21(23-24-25-26)31-13-20(27)22-8-7-15-4-6-18-19(12-15)30-10-9-29-18/h3-6,11-12H,7-10,13H2,1-2H3,(H,22,27). The van der Waals surface area contributed by atoms with Crippen LogP contribution < -0.4 is 19.5 Å². The third-order valence-electron chi connectivity index (χ3n) is 4.68. The minimum Gasteiger partial charge on any atom is -0.494 e. The Morgan fingerprint density at radius 1 is 1.19 bits per heavy atom. The molecule has 1 amide bonds. The molecule has 0 saturated heterocycles. The summed E-state index contributed by atoms with van der Waals surface area (Å²) in [6, 6.07) is 11.6. The number of carbonyl (C=O) groups is 1. The average molecular weight is 442 g/mol. The molecule has 31 heavy (non-hydrogen) atoms. The maximum Gasteiger partial charge on any atom is 0.230 e. The summed E-state index contributed by atoms with van der Waals surface area (Å²) in [5.74, 6) is 2.29. The highest BCUT2D eigenvalue weighted by atomic mass is 32.2. The quantitative estimate of drug-likeness (QED) is 0.531. The molecule has 0 radical (unpaired) electrons. The van der Waals surface area contributed by atoms with E-state index in [1.807, 2.05) is 43.3 Å². The van der Waals surface area contributed by atoms with Crippen LogP contribution >= 0.6 is 11.8 Å². The van der Waals surface area contributed by atoms with Gasteiger partial charge in [-0.1, -0.05) is 23.9 Å². The van der Waals surface area contributed by atoms with Gasteiger partial charge in [-0.25, -0.2) is 0 Å². The molecular formula is C21H23N5O4S. The Bertz CT molecular complexity index is 1070. The van der Waals surface area contributed by atoms with Gasteiger partial charge < -0.3 is 19.5 Å². The molecule has 4 rings (SSSR count). The minimum absolute atomic E-state index is 0.0895. The monoisotopic (exact) mass is 441 g/mol. The summed E-state index contributed by atoms with van der Waals surface area (Å²) < 4.78 is 18.1. The maximum absolute atomic E-state index is 12.3. The van der Waals surface area contributed by atoms with Crippen molar-refractivity contribution in [2.75, 3.05) is 32.6 Å². The van der Waals surface area contributed by atoms with Crippen LogP contribution in [0, 0.1) is 6.92 Å². The van der Waals surface area contributed by atoms with Gasteiger partial charge >= 0.3 is 0 Å². The van der Waals surface area contributed by atoms with Crippen molar-refractivity contribution in [1.29, 1.82) is 0 Å². The van der Waals surface area contributed by atoms with Crippen LogP contribution in [0.25, 0.3) is 5.69 Å². The van der Waals surface area contributed by atoms with Crippen LogP contribution in [0.15, 0.2) is 41.6 Å². The van der Waals surface area contributed by atoms with Gasteiger partial charge in [0.1, 0.15) is 24.7 Å². The lowest BCUT2D eigenvalue weighted by Crippen LogP contribution is -2.27. The molecule has 0 unspecified atom stereocenters. The number of nitrogens with one attached hydrogen (secondary N) is 1. The fourth-order valence-corrected chi connectivity index (χ4v) is 3.87. The van der Waals surface area contributed by atoms with Gasteiger partial charge in [-0.2, -0.15) is 4.68 Å². The highest BCUT2D eigenvalue weighted by Gasteiger charge is 2.15. The Hall–Kier alpha value is -3.27. The fraction of sp³-hybridized carbons (Fsp3) is 0.333. The second-order valence-corrected chi connectivity index (χ2v) is 7.86.